The van der Waals surface area contributed by atoms with Crippen molar-refractivity contribution in [1.82, 2.24) is 24.7 Å². The van der Waals surface area contributed by atoms with E-state index in [4.69, 9.17) is 5.73 Å². The van der Waals surface area contributed by atoms with E-state index in [1.807, 2.05) is 7.05 Å². The summed E-state index contributed by atoms with van der Waals surface area (Å²) in [4.78, 5) is 15.4. The zero-order valence-corrected chi connectivity index (χ0v) is 13.0. The predicted octanol–water partition coefficient (Wildman–Crippen LogP) is 2.31. The third kappa shape index (κ3) is 2.25. The zero-order valence-electron chi connectivity index (χ0n) is 11.4. The summed E-state index contributed by atoms with van der Waals surface area (Å²) >= 11 is 3.21. The van der Waals surface area contributed by atoms with Crippen LogP contribution < -0.4 is 5.73 Å². The molecule has 0 spiro atoms. The van der Waals surface area contributed by atoms with E-state index in [-0.39, 0.29) is 0 Å². The summed E-state index contributed by atoms with van der Waals surface area (Å²) in [7, 11) is 1.86. The van der Waals surface area contributed by atoms with Gasteiger partial charge in [0.25, 0.3) is 0 Å². The average Bonchev–Trinajstić information content (AvgIpc) is 2.92. The Hall–Kier alpha value is -1.67. The van der Waals surface area contributed by atoms with E-state index in [1.165, 1.54) is 16.8 Å². The highest BCUT2D eigenvalue weighted by Crippen LogP contribution is 2.32. The van der Waals surface area contributed by atoms with E-state index in [0.29, 0.717) is 11.6 Å². The number of aryl methyl sites for hydroxylation is 3. The fraction of sp³-hybridized carbons (Fsp3) is 0.333. The van der Waals surface area contributed by atoms with Crippen LogP contribution in [0.25, 0.3) is 10.2 Å². The number of nitrogen functional groups attached to an aromatic ring is 1. The number of hydrogen-bond donors (Lipinski definition) is 1. The van der Waals surface area contributed by atoms with Crippen molar-refractivity contribution < 1.29 is 0 Å². The molecule has 3 heterocycles. The largest absolute Gasteiger partial charge is 0.383 e. The van der Waals surface area contributed by atoms with Crippen LogP contribution in [0, 0.1) is 13.8 Å². The van der Waals surface area contributed by atoms with Crippen LogP contribution in [0.5, 0.6) is 0 Å². The van der Waals surface area contributed by atoms with E-state index in [1.54, 1.807) is 27.8 Å². The summed E-state index contributed by atoms with van der Waals surface area (Å²) in [6.07, 6.45) is 1.53. The van der Waals surface area contributed by atoms with Crippen LogP contribution in [-0.2, 0) is 12.8 Å². The predicted molar refractivity (Wildman–Crippen MR) is 81.9 cm³/mol. The molecule has 0 bridgehead atoms. The van der Waals surface area contributed by atoms with Gasteiger partial charge in [-0.05, 0) is 19.4 Å². The lowest BCUT2D eigenvalue weighted by Crippen LogP contribution is -2.00. The van der Waals surface area contributed by atoms with Gasteiger partial charge < -0.3 is 5.73 Å². The van der Waals surface area contributed by atoms with E-state index in [9.17, 15) is 0 Å². The Kier molecular flexibility index (Phi) is 3.35. The molecule has 3 aromatic heterocycles. The van der Waals surface area contributed by atoms with Crippen molar-refractivity contribution in [2.75, 3.05) is 5.73 Å². The van der Waals surface area contributed by atoms with Gasteiger partial charge in [0.05, 0.1) is 11.1 Å². The summed E-state index contributed by atoms with van der Waals surface area (Å²) in [5.41, 5.74) is 7.24. The van der Waals surface area contributed by atoms with Crippen molar-refractivity contribution >= 4 is 39.1 Å². The molecule has 0 aliphatic heterocycles. The molecule has 0 saturated carbocycles. The van der Waals surface area contributed by atoms with Crippen molar-refractivity contribution in [1.29, 1.82) is 0 Å². The maximum absolute atomic E-state index is 6.06. The Bertz CT molecular complexity index is 776. The highest BCUT2D eigenvalue weighted by molar-refractivity contribution is 7.98. The lowest BCUT2D eigenvalue weighted by Gasteiger charge is -2.03. The minimum absolute atomic E-state index is 0.561. The minimum atomic E-state index is 0.561. The molecule has 2 N–H and O–H groups in total. The average molecular weight is 306 g/mol. The molecule has 0 aliphatic rings. The third-order valence-corrected chi connectivity index (χ3v) is 5.23. The summed E-state index contributed by atoms with van der Waals surface area (Å²) in [6, 6.07) is 0. The molecule has 0 aliphatic carbocycles. The molecule has 3 aromatic rings. The number of aromatic nitrogens is 5. The Balaban J connectivity index is 1.91. The molecule has 0 unspecified atom stereocenters. The van der Waals surface area contributed by atoms with Crippen LogP contribution in [0.3, 0.4) is 0 Å². The number of anilines is 1. The van der Waals surface area contributed by atoms with E-state index in [2.05, 4.69) is 33.9 Å². The smallest absolute Gasteiger partial charge is 0.186 e. The second kappa shape index (κ2) is 5.02. The van der Waals surface area contributed by atoms with E-state index in [0.717, 1.165) is 21.2 Å². The number of fused-ring (bicyclic) bond motifs is 1. The lowest BCUT2D eigenvalue weighted by atomic mass is 10.2. The topological polar surface area (TPSA) is 82.5 Å². The maximum Gasteiger partial charge on any atom is 0.186 e. The minimum Gasteiger partial charge on any atom is -0.383 e. The zero-order chi connectivity index (χ0) is 14.3. The first-order chi connectivity index (χ1) is 9.56. The van der Waals surface area contributed by atoms with Gasteiger partial charge in [-0.1, -0.05) is 11.8 Å². The molecule has 0 amide bonds. The SMILES string of the molecule is Cc1sc2nc(CSc3ncnn3C)nc(N)c2c1C. The Morgan fingerprint density at radius 2 is 2.15 bits per heavy atom. The number of nitrogens with zero attached hydrogens (tertiary/aromatic N) is 5. The molecule has 6 nitrogen and oxygen atoms in total. The van der Waals surface area contributed by atoms with Gasteiger partial charge in [0.15, 0.2) is 5.16 Å². The monoisotopic (exact) mass is 306 g/mol. The molecule has 104 valence electrons. The Morgan fingerprint density at radius 1 is 1.35 bits per heavy atom. The molecular weight excluding hydrogens is 292 g/mol. The number of thioether (sulfide) groups is 1. The summed E-state index contributed by atoms with van der Waals surface area (Å²) in [5, 5.41) is 5.86. The second-order valence-electron chi connectivity index (χ2n) is 4.44. The first kappa shape index (κ1) is 13.3. The lowest BCUT2D eigenvalue weighted by molar-refractivity contribution is 0.685. The van der Waals surface area contributed by atoms with Gasteiger partial charge in [-0.2, -0.15) is 5.10 Å². The van der Waals surface area contributed by atoms with Gasteiger partial charge >= 0.3 is 0 Å². The summed E-state index contributed by atoms with van der Waals surface area (Å²) in [6.45, 7) is 4.14. The maximum atomic E-state index is 6.06. The van der Waals surface area contributed by atoms with Gasteiger partial charge in [-0.3, -0.25) is 0 Å². The summed E-state index contributed by atoms with van der Waals surface area (Å²) in [5.74, 6) is 1.91. The van der Waals surface area contributed by atoms with Gasteiger partial charge in [-0.15, -0.1) is 11.3 Å². The van der Waals surface area contributed by atoms with Gasteiger partial charge in [0.2, 0.25) is 0 Å². The summed E-state index contributed by atoms with van der Waals surface area (Å²) < 4.78 is 1.73. The van der Waals surface area contributed by atoms with Crippen LogP contribution >= 0.6 is 23.1 Å². The van der Waals surface area contributed by atoms with Crippen LogP contribution in [0.4, 0.5) is 5.82 Å². The van der Waals surface area contributed by atoms with Gasteiger partial charge in [0, 0.05) is 11.9 Å². The molecule has 0 aromatic carbocycles. The second-order valence-corrected chi connectivity index (χ2v) is 6.59. The Morgan fingerprint density at radius 3 is 2.85 bits per heavy atom. The molecule has 0 atom stereocenters. The quantitative estimate of drug-likeness (QED) is 0.748. The molecule has 20 heavy (non-hydrogen) atoms. The van der Waals surface area contributed by atoms with E-state index >= 15 is 0 Å². The first-order valence-corrected chi connectivity index (χ1v) is 7.85. The highest BCUT2D eigenvalue weighted by Gasteiger charge is 2.13. The molecule has 0 fully saturated rings. The fourth-order valence-corrected chi connectivity index (χ4v) is 3.74. The van der Waals surface area contributed by atoms with Crippen molar-refractivity contribution in [3.8, 4) is 0 Å². The number of rotatable bonds is 3. The standard InChI is InChI=1S/C12H14N6S2/c1-6-7(2)20-11-9(6)10(13)16-8(17-11)4-19-12-14-5-15-18(12)3/h5H,4H2,1-3H3,(H2,13,16,17). The Labute approximate surface area is 124 Å². The third-order valence-electron chi connectivity index (χ3n) is 3.10. The normalized spacial score (nSPS) is 11.3. The van der Waals surface area contributed by atoms with Gasteiger partial charge in [-0.25, -0.2) is 19.6 Å². The molecule has 0 saturated heterocycles. The number of thiophene rings is 1. The van der Waals surface area contributed by atoms with Crippen molar-refractivity contribution in [3.63, 3.8) is 0 Å². The molecule has 3 rings (SSSR count). The van der Waals surface area contributed by atoms with Gasteiger partial charge in [0.1, 0.15) is 22.8 Å². The number of hydrogen-bond acceptors (Lipinski definition) is 7. The van der Waals surface area contributed by atoms with E-state index < -0.39 is 0 Å². The molecule has 0 radical (unpaired) electrons. The fourth-order valence-electron chi connectivity index (χ4n) is 1.94. The molecular formula is C12H14N6S2. The van der Waals surface area contributed by atoms with Crippen LogP contribution in [0.15, 0.2) is 11.5 Å². The first-order valence-electron chi connectivity index (χ1n) is 6.05. The van der Waals surface area contributed by atoms with Crippen molar-refractivity contribution in [3.05, 3.63) is 22.6 Å². The van der Waals surface area contributed by atoms with Crippen LogP contribution in [0.1, 0.15) is 16.3 Å². The van der Waals surface area contributed by atoms with Crippen molar-refractivity contribution in [2.45, 2.75) is 24.8 Å². The van der Waals surface area contributed by atoms with Crippen LogP contribution in [-0.4, -0.2) is 24.7 Å². The highest BCUT2D eigenvalue weighted by atomic mass is 32.2. The number of nitrogens with two attached hydrogens (primary N) is 1. The molecule has 8 heteroatoms. The van der Waals surface area contributed by atoms with Crippen molar-refractivity contribution in [2.24, 2.45) is 7.05 Å². The van der Waals surface area contributed by atoms with Crippen LogP contribution in [0.2, 0.25) is 0 Å².